The van der Waals surface area contributed by atoms with Crippen molar-refractivity contribution in [2.75, 3.05) is 35.8 Å². The van der Waals surface area contributed by atoms with Gasteiger partial charge >= 0.3 is 0 Å². The maximum Gasteiger partial charge on any atom is 0.274 e. The summed E-state index contributed by atoms with van der Waals surface area (Å²) in [6.07, 6.45) is 2.34. The van der Waals surface area contributed by atoms with Gasteiger partial charge in [0, 0.05) is 49.5 Å². The molecule has 0 atom stereocenters. The van der Waals surface area contributed by atoms with E-state index in [1.54, 1.807) is 17.0 Å². The van der Waals surface area contributed by atoms with Crippen LogP contribution in [0.5, 0.6) is 0 Å². The van der Waals surface area contributed by atoms with Crippen molar-refractivity contribution in [2.24, 2.45) is 0 Å². The Labute approximate surface area is 169 Å². The van der Waals surface area contributed by atoms with Gasteiger partial charge in [-0.2, -0.15) is 0 Å². The second kappa shape index (κ2) is 7.75. The summed E-state index contributed by atoms with van der Waals surface area (Å²) >= 11 is 0. The predicted octanol–water partition coefficient (Wildman–Crippen LogP) is 3.60. The van der Waals surface area contributed by atoms with Crippen molar-refractivity contribution in [1.29, 1.82) is 0 Å². The number of nitrogens with zero attached hydrogens (tertiary/aromatic N) is 3. The summed E-state index contributed by atoms with van der Waals surface area (Å²) in [6.45, 7) is 0.639. The zero-order valence-corrected chi connectivity index (χ0v) is 16.4. The van der Waals surface area contributed by atoms with Gasteiger partial charge in [0.1, 0.15) is 5.69 Å². The molecule has 0 saturated carbocycles. The Kier molecular flexibility index (Phi) is 4.99. The first-order chi connectivity index (χ1) is 14.0. The molecular weight excluding hydrogens is 364 g/mol. The van der Waals surface area contributed by atoms with Crippen LogP contribution < -0.4 is 15.1 Å². The fourth-order valence-electron chi connectivity index (χ4n) is 3.43. The van der Waals surface area contributed by atoms with Crippen LogP contribution in [0.2, 0.25) is 0 Å². The van der Waals surface area contributed by atoms with E-state index in [9.17, 15) is 9.59 Å². The van der Waals surface area contributed by atoms with E-state index in [1.807, 2.05) is 67.5 Å². The molecule has 0 saturated heterocycles. The molecule has 2 heterocycles. The maximum absolute atomic E-state index is 13.0. The first-order valence-electron chi connectivity index (χ1n) is 9.47. The molecule has 1 aliphatic rings. The average molecular weight is 386 g/mol. The van der Waals surface area contributed by atoms with Gasteiger partial charge in [-0.15, -0.1) is 0 Å². The molecular formula is C23H22N4O2. The molecule has 3 aromatic rings. The minimum Gasteiger partial charge on any atom is -0.378 e. The SMILES string of the molecule is CN(C)c1ccc(NC(=O)c2cc(C(=O)N3CCc4ccccc43)ccn2)cc1. The lowest BCUT2D eigenvalue weighted by molar-refractivity contribution is 0.0989. The Morgan fingerprint density at radius 1 is 1.03 bits per heavy atom. The molecule has 1 N–H and O–H groups in total. The fraction of sp³-hybridized carbons (Fsp3) is 0.174. The first-order valence-corrected chi connectivity index (χ1v) is 9.47. The Balaban J connectivity index is 1.51. The number of aromatic nitrogens is 1. The molecule has 0 radical (unpaired) electrons. The Morgan fingerprint density at radius 3 is 2.55 bits per heavy atom. The highest BCUT2D eigenvalue weighted by Crippen LogP contribution is 2.28. The molecule has 4 rings (SSSR count). The second-order valence-corrected chi connectivity index (χ2v) is 7.16. The average Bonchev–Trinajstić information content (AvgIpc) is 3.18. The summed E-state index contributed by atoms with van der Waals surface area (Å²) in [7, 11) is 3.91. The van der Waals surface area contributed by atoms with Crippen LogP contribution in [0, 0.1) is 0 Å². The normalized spacial score (nSPS) is 12.4. The monoisotopic (exact) mass is 386 g/mol. The van der Waals surface area contributed by atoms with E-state index < -0.39 is 0 Å². The fourth-order valence-corrected chi connectivity index (χ4v) is 3.43. The quantitative estimate of drug-likeness (QED) is 0.744. The Hall–Kier alpha value is -3.67. The molecule has 2 amide bonds. The van der Waals surface area contributed by atoms with E-state index in [4.69, 9.17) is 0 Å². The number of hydrogen-bond acceptors (Lipinski definition) is 4. The predicted molar refractivity (Wildman–Crippen MR) is 115 cm³/mol. The van der Waals surface area contributed by atoms with E-state index in [-0.39, 0.29) is 17.5 Å². The number of rotatable bonds is 4. The van der Waals surface area contributed by atoms with Crippen LogP contribution in [-0.2, 0) is 6.42 Å². The van der Waals surface area contributed by atoms with E-state index in [1.165, 1.54) is 6.20 Å². The highest BCUT2D eigenvalue weighted by molar-refractivity contribution is 6.09. The number of anilines is 3. The van der Waals surface area contributed by atoms with Gasteiger partial charge in [-0.3, -0.25) is 14.6 Å². The van der Waals surface area contributed by atoms with Gasteiger partial charge in [0.2, 0.25) is 0 Å². The Bertz CT molecular complexity index is 1060. The lowest BCUT2D eigenvalue weighted by Crippen LogP contribution is -2.29. The highest BCUT2D eigenvalue weighted by Gasteiger charge is 2.25. The molecule has 146 valence electrons. The van der Waals surface area contributed by atoms with E-state index >= 15 is 0 Å². The molecule has 29 heavy (non-hydrogen) atoms. The zero-order chi connectivity index (χ0) is 20.4. The standard InChI is InChI=1S/C23H22N4O2/c1-26(2)19-9-7-18(8-10-19)25-22(28)20-15-17(11-13-24-20)23(29)27-14-12-16-5-3-4-6-21(16)27/h3-11,13,15H,12,14H2,1-2H3,(H,25,28). The van der Waals surface area contributed by atoms with Crippen LogP contribution in [-0.4, -0.2) is 37.4 Å². The van der Waals surface area contributed by atoms with Gasteiger partial charge in [0.05, 0.1) is 0 Å². The molecule has 2 aromatic carbocycles. The summed E-state index contributed by atoms with van der Waals surface area (Å²) < 4.78 is 0. The lowest BCUT2D eigenvalue weighted by atomic mass is 10.1. The summed E-state index contributed by atoms with van der Waals surface area (Å²) in [6, 6.07) is 18.6. The smallest absolute Gasteiger partial charge is 0.274 e. The van der Waals surface area contributed by atoms with Crippen LogP contribution in [0.15, 0.2) is 66.9 Å². The number of carbonyl (C=O) groups excluding carboxylic acids is 2. The van der Waals surface area contributed by atoms with Crippen LogP contribution >= 0.6 is 0 Å². The molecule has 0 unspecified atom stereocenters. The number of amides is 2. The highest BCUT2D eigenvalue weighted by atomic mass is 16.2. The molecule has 0 fully saturated rings. The van der Waals surface area contributed by atoms with Gasteiger partial charge in [-0.05, 0) is 54.4 Å². The zero-order valence-electron chi connectivity index (χ0n) is 16.4. The molecule has 0 aliphatic carbocycles. The van der Waals surface area contributed by atoms with E-state index in [0.717, 1.165) is 23.4 Å². The largest absolute Gasteiger partial charge is 0.378 e. The number of pyridine rings is 1. The van der Waals surface area contributed by atoms with E-state index in [2.05, 4.69) is 10.3 Å². The Morgan fingerprint density at radius 2 is 1.79 bits per heavy atom. The number of para-hydroxylation sites is 1. The van der Waals surface area contributed by atoms with Crippen LogP contribution in [0.1, 0.15) is 26.4 Å². The van der Waals surface area contributed by atoms with Crippen molar-refractivity contribution < 1.29 is 9.59 Å². The maximum atomic E-state index is 13.0. The second-order valence-electron chi connectivity index (χ2n) is 7.16. The number of nitrogens with one attached hydrogen (secondary N) is 1. The summed E-state index contributed by atoms with van der Waals surface area (Å²) in [5, 5.41) is 2.83. The molecule has 1 aromatic heterocycles. The van der Waals surface area contributed by atoms with Crippen molar-refractivity contribution in [3.8, 4) is 0 Å². The van der Waals surface area contributed by atoms with Gasteiger partial charge < -0.3 is 15.1 Å². The molecule has 1 aliphatic heterocycles. The number of benzene rings is 2. The van der Waals surface area contributed by atoms with Gasteiger partial charge in [-0.25, -0.2) is 0 Å². The van der Waals surface area contributed by atoms with Gasteiger partial charge in [0.15, 0.2) is 0 Å². The molecule has 6 heteroatoms. The number of carbonyl (C=O) groups is 2. The number of hydrogen-bond donors (Lipinski definition) is 1. The minimum absolute atomic E-state index is 0.123. The molecule has 0 bridgehead atoms. The minimum atomic E-state index is -0.348. The van der Waals surface area contributed by atoms with Crippen molar-refractivity contribution in [2.45, 2.75) is 6.42 Å². The third kappa shape index (κ3) is 3.82. The summed E-state index contributed by atoms with van der Waals surface area (Å²) in [5.74, 6) is -0.471. The molecule has 0 spiro atoms. The van der Waals surface area contributed by atoms with Crippen LogP contribution in [0.25, 0.3) is 0 Å². The number of fused-ring (bicyclic) bond motifs is 1. The van der Waals surface area contributed by atoms with E-state index in [0.29, 0.717) is 17.8 Å². The van der Waals surface area contributed by atoms with Gasteiger partial charge in [0.25, 0.3) is 11.8 Å². The van der Waals surface area contributed by atoms with Crippen molar-refractivity contribution >= 4 is 28.9 Å². The first kappa shape index (κ1) is 18.7. The third-order valence-electron chi connectivity index (χ3n) is 5.01. The van der Waals surface area contributed by atoms with Crippen LogP contribution in [0.3, 0.4) is 0 Å². The third-order valence-corrected chi connectivity index (χ3v) is 5.01. The summed E-state index contributed by atoms with van der Waals surface area (Å²) in [4.78, 5) is 33.5. The topological polar surface area (TPSA) is 65.5 Å². The summed E-state index contributed by atoms with van der Waals surface area (Å²) in [5.41, 5.74) is 4.47. The van der Waals surface area contributed by atoms with Crippen molar-refractivity contribution in [3.63, 3.8) is 0 Å². The van der Waals surface area contributed by atoms with Crippen molar-refractivity contribution in [1.82, 2.24) is 4.98 Å². The van der Waals surface area contributed by atoms with Gasteiger partial charge in [-0.1, -0.05) is 18.2 Å². The van der Waals surface area contributed by atoms with Crippen LogP contribution in [0.4, 0.5) is 17.1 Å². The molecule has 6 nitrogen and oxygen atoms in total. The van der Waals surface area contributed by atoms with Crippen molar-refractivity contribution in [3.05, 3.63) is 83.7 Å². The lowest BCUT2D eigenvalue weighted by Gasteiger charge is -2.17.